The van der Waals surface area contributed by atoms with Crippen molar-refractivity contribution in [2.75, 3.05) is 39.3 Å². The monoisotopic (exact) mass is 276 g/mol. The molecular formula is C17H28N2O. The van der Waals surface area contributed by atoms with Gasteiger partial charge in [-0.15, -0.1) is 0 Å². The third-order valence-electron chi connectivity index (χ3n) is 4.42. The largest absolute Gasteiger partial charge is 0.388 e. The zero-order chi connectivity index (χ0) is 14.5. The third-order valence-corrected chi connectivity index (χ3v) is 4.42. The summed E-state index contributed by atoms with van der Waals surface area (Å²) in [6.07, 6.45) is 0.496. The molecule has 0 aromatic heterocycles. The number of aryl methyl sites for hydroxylation is 2. The van der Waals surface area contributed by atoms with Gasteiger partial charge >= 0.3 is 0 Å². The predicted octanol–water partition coefficient (Wildman–Crippen LogP) is 2.36. The van der Waals surface area contributed by atoms with Crippen molar-refractivity contribution < 1.29 is 5.11 Å². The van der Waals surface area contributed by atoms with Crippen molar-refractivity contribution in [1.82, 2.24) is 9.80 Å². The van der Waals surface area contributed by atoms with Crippen LogP contribution in [0.5, 0.6) is 0 Å². The van der Waals surface area contributed by atoms with Gasteiger partial charge in [0.15, 0.2) is 0 Å². The van der Waals surface area contributed by atoms with Gasteiger partial charge in [0, 0.05) is 32.7 Å². The summed E-state index contributed by atoms with van der Waals surface area (Å²) in [5.41, 5.74) is 3.51. The standard InChI is InChI=1S/C17H28N2O/c1-4-18-9-11-19(12-10-18)8-7-17(20)16-13-14(2)5-6-15(16)3/h5-6,13,17,20H,4,7-12H2,1-3H3. The maximum absolute atomic E-state index is 10.4. The van der Waals surface area contributed by atoms with Gasteiger partial charge in [0.1, 0.15) is 0 Å². The highest BCUT2D eigenvalue weighted by Crippen LogP contribution is 2.22. The normalized spacial score (nSPS) is 19.2. The highest BCUT2D eigenvalue weighted by atomic mass is 16.3. The molecule has 0 amide bonds. The fourth-order valence-electron chi connectivity index (χ4n) is 2.91. The minimum atomic E-state index is -0.334. The van der Waals surface area contributed by atoms with Crippen molar-refractivity contribution in [1.29, 1.82) is 0 Å². The number of nitrogens with zero attached hydrogens (tertiary/aromatic N) is 2. The first kappa shape index (κ1) is 15.5. The molecule has 1 atom stereocenters. The molecule has 112 valence electrons. The topological polar surface area (TPSA) is 26.7 Å². The van der Waals surface area contributed by atoms with Crippen LogP contribution in [0.3, 0.4) is 0 Å². The second kappa shape index (κ2) is 7.21. The highest BCUT2D eigenvalue weighted by Gasteiger charge is 2.17. The average molecular weight is 276 g/mol. The molecule has 0 aliphatic carbocycles. The van der Waals surface area contributed by atoms with Gasteiger partial charge in [0.05, 0.1) is 6.10 Å². The van der Waals surface area contributed by atoms with Gasteiger partial charge in [-0.1, -0.05) is 30.7 Å². The van der Waals surface area contributed by atoms with Crippen molar-refractivity contribution >= 4 is 0 Å². The second-order valence-electron chi connectivity index (χ2n) is 5.94. The SMILES string of the molecule is CCN1CCN(CCC(O)c2cc(C)ccc2C)CC1. The van der Waals surface area contributed by atoms with Crippen LogP contribution in [0.1, 0.15) is 36.1 Å². The molecular weight excluding hydrogens is 248 g/mol. The Morgan fingerprint density at radius 1 is 1.10 bits per heavy atom. The number of aliphatic hydroxyl groups is 1. The molecule has 20 heavy (non-hydrogen) atoms. The van der Waals surface area contributed by atoms with Gasteiger partial charge in [0.2, 0.25) is 0 Å². The van der Waals surface area contributed by atoms with E-state index in [1.165, 1.54) is 11.1 Å². The van der Waals surface area contributed by atoms with Crippen molar-refractivity contribution in [3.05, 3.63) is 34.9 Å². The van der Waals surface area contributed by atoms with Crippen LogP contribution in [0.25, 0.3) is 0 Å². The molecule has 0 saturated carbocycles. The van der Waals surface area contributed by atoms with Crippen LogP contribution in [0.2, 0.25) is 0 Å². The number of aliphatic hydroxyl groups excluding tert-OH is 1. The third kappa shape index (κ3) is 4.05. The van der Waals surface area contributed by atoms with Crippen LogP contribution in [0, 0.1) is 13.8 Å². The summed E-state index contributed by atoms with van der Waals surface area (Å²) >= 11 is 0. The fourth-order valence-corrected chi connectivity index (χ4v) is 2.91. The van der Waals surface area contributed by atoms with E-state index in [1.54, 1.807) is 0 Å². The molecule has 3 heteroatoms. The van der Waals surface area contributed by atoms with Gasteiger partial charge in [-0.2, -0.15) is 0 Å². The summed E-state index contributed by atoms with van der Waals surface area (Å²) < 4.78 is 0. The molecule has 1 aliphatic rings. The predicted molar refractivity (Wildman–Crippen MR) is 84.0 cm³/mol. The maximum atomic E-state index is 10.4. The minimum absolute atomic E-state index is 0.334. The smallest absolute Gasteiger partial charge is 0.0804 e. The molecule has 1 aliphatic heterocycles. The van der Waals surface area contributed by atoms with Gasteiger partial charge in [-0.25, -0.2) is 0 Å². The first-order chi connectivity index (χ1) is 9.60. The Bertz CT molecular complexity index is 425. The molecule has 0 spiro atoms. The van der Waals surface area contributed by atoms with Gasteiger partial charge in [-0.05, 0) is 37.9 Å². The molecule has 1 aromatic rings. The number of hydrogen-bond donors (Lipinski definition) is 1. The maximum Gasteiger partial charge on any atom is 0.0804 e. The lowest BCUT2D eigenvalue weighted by Gasteiger charge is -2.34. The molecule has 0 radical (unpaired) electrons. The number of piperazine rings is 1. The van der Waals surface area contributed by atoms with E-state index in [0.29, 0.717) is 0 Å². The molecule has 1 unspecified atom stereocenters. The van der Waals surface area contributed by atoms with Crippen molar-refractivity contribution in [3.63, 3.8) is 0 Å². The first-order valence-electron chi connectivity index (χ1n) is 7.80. The van der Waals surface area contributed by atoms with Crippen LogP contribution < -0.4 is 0 Å². The highest BCUT2D eigenvalue weighted by molar-refractivity contribution is 5.32. The van der Waals surface area contributed by atoms with Gasteiger partial charge < -0.3 is 14.9 Å². The molecule has 3 nitrogen and oxygen atoms in total. The molecule has 0 bridgehead atoms. The zero-order valence-corrected chi connectivity index (χ0v) is 13.1. The number of hydrogen-bond acceptors (Lipinski definition) is 3. The molecule has 1 N–H and O–H groups in total. The van der Waals surface area contributed by atoms with Crippen molar-refractivity contribution in [2.45, 2.75) is 33.3 Å². The Balaban J connectivity index is 1.83. The van der Waals surface area contributed by atoms with E-state index in [1.807, 2.05) is 0 Å². The Hall–Kier alpha value is -0.900. The lowest BCUT2D eigenvalue weighted by atomic mass is 9.99. The van der Waals surface area contributed by atoms with Crippen LogP contribution >= 0.6 is 0 Å². The summed E-state index contributed by atoms with van der Waals surface area (Å²) in [5, 5.41) is 10.4. The molecule has 1 heterocycles. The Labute approximate surface area is 123 Å². The fraction of sp³-hybridized carbons (Fsp3) is 0.647. The number of benzene rings is 1. The molecule has 1 saturated heterocycles. The average Bonchev–Trinajstić information content (AvgIpc) is 2.47. The van der Waals surface area contributed by atoms with E-state index < -0.39 is 0 Å². The van der Waals surface area contributed by atoms with Crippen LogP contribution in [-0.4, -0.2) is 54.2 Å². The summed E-state index contributed by atoms with van der Waals surface area (Å²) in [7, 11) is 0. The van der Waals surface area contributed by atoms with E-state index in [9.17, 15) is 5.11 Å². The van der Waals surface area contributed by atoms with E-state index in [0.717, 1.165) is 51.3 Å². The lowest BCUT2D eigenvalue weighted by Crippen LogP contribution is -2.46. The van der Waals surface area contributed by atoms with Crippen LogP contribution in [0.4, 0.5) is 0 Å². The summed E-state index contributed by atoms with van der Waals surface area (Å²) in [6, 6.07) is 6.33. The summed E-state index contributed by atoms with van der Waals surface area (Å²) in [4.78, 5) is 4.96. The van der Waals surface area contributed by atoms with Crippen molar-refractivity contribution in [3.8, 4) is 0 Å². The summed E-state index contributed by atoms with van der Waals surface area (Å²) in [6.45, 7) is 13.1. The lowest BCUT2D eigenvalue weighted by molar-refractivity contribution is 0.105. The van der Waals surface area contributed by atoms with E-state index in [-0.39, 0.29) is 6.10 Å². The molecule has 2 rings (SSSR count). The van der Waals surface area contributed by atoms with Crippen LogP contribution in [-0.2, 0) is 0 Å². The van der Waals surface area contributed by atoms with E-state index >= 15 is 0 Å². The number of rotatable bonds is 5. The van der Waals surface area contributed by atoms with Gasteiger partial charge in [-0.3, -0.25) is 0 Å². The van der Waals surface area contributed by atoms with Gasteiger partial charge in [0.25, 0.3) is 0 Å². The number of likely N-dealkylation sites (N-methyl/N-ethyl adjacent to an activating group) is 1. The second-order valence-corrected chi connectivity index (χ2v) is 5.94. The first-order valence-corrected chi connectivity index (χ1v) is 7.80. The molecule has 1 aromatic carbocycles. The molecule has 1 fully saturated rings. The summed E-state index contributed by atoms with van der Waals surface area (Å²) in [5.74, 6) is 0. The minimum Gasteiger partial charge on any atom is -0.388 e. The van der Waals surface area contributed by atoms with E-state index in [2.05, 4.69) is 48.8 Å². The Kier molecular flexibility index (Phi) is 5.58. The van der Waals surface area contributed by atoms with E-state index in [4.69, 9.17) is 0 Å². The Morgan fingerprint density at radius 3 is 2.40 bits per heavy atom. The zero-order valence-electron chi connectivity index (χ0n) is 13.1. The van der Waals surface area contributed by atoms with Crippen LogP contribution in [0.15, 0.2) is 18.2 Å². The van der Waals surface area contributed by atoms with Crippen molar-refractivity contribution in [2.24, 2.45) is 0 Å². The quantitative estimate of drug-likeness (QED) is 0.894. The Morgan fingerprint density at radius 2 is 1.75 bits per heavy atom.